The van der Waals surface area contributed by atoms with Crippen molar-refractivity contribution in [2.75, 3.05) is 9.80 Å². The van der Waals surface area contributed by atoms with Gasteiger partial charge in [0.2, 0.25) is 0 Å². The summed E-state index contributed by atoms with van der Waals surface area (Å²) in [5.74, 6) is 1.92. The van der Waals surface area contributed by atoms with Gasteiger partial charge in [-0.2, -0.15) is 12.1 Å². The Morgan fingerprint density at radius 2 is 0.861 bits per heavy atom. The Labute approximate surface area is 602 Å². The molecule has 0 saturated carbocycles. The van der Waals surface area contributed by atoms with Gasteiger partial charge < -0.3 is 23.7 Å². The zero-order chi connectivity index (χ0) is 66.6. The van der Waals surface area contributed by atoms with Crippen molar-refractivity contribution in [2.45, 2.75) is 26.2 Å². The van der Waals surface area contributed by atoms with Gasteiger partial charge in [0.05, 0.1) is 16.7 Å². The van der Waals surface area contributed by atoms with Gasteiger partial charge in [0.15, 0.2) is 0 Å². The minimum Gasteiger partial charge on any atom is -0.509 e. The van der Waals surface area contributed by atoms with E-state index in [1.807, 2.05) is 12.3 Å². The van der Waals surface area contributed by atoms with Gasteiger partial charge in [-0.1, -0.05) is 239 Å². The molecule has 0 radical (unpaired) electrons. The Bertz CT molecular complexity index is 5830. The van der Waals surface area contributed by atoms with E-state index in [1.54, 1.807) is 0 Å². The van der Waals surface area contributed by atoms with Crippen LogP contribution in [0, 0.1) is 18.8 Å². The Kier molecular flexibility index (Phi) is 15.0. The molecule has 5 heterocycles. The summed E-state index contributed by atoms with van der Waals surface area (Å²) < 4.78 is 11.9. The molecule has 19 rings (SSSR count). The summed E-state index contributed by atoms with van der Waals surface area (Å²) in [6, 6.07) is 124. The standard InChI is InChI=1S/C94H64N5O.Pt/c1-94(2,3)71-49-50-95-89(57-71)98-86-47-48-87-90(79-37-17-16-35-77(79)80-40-24-41-81-78-36-18-19-42-83(78)99(87)93(80)81)91(86)82-46-45-74(59-88(82)98)100-73-34-22-33-72(58-73)96-60-97(85-44-21-20-43-84(85)96)92-75(69-53-65(61-25-8-4-9-26-61)51-66(54-69)62-27-10-5-11-28-62)38-23-39-76(92)70-55-67(63-29-12-6-13-30-63)52-68(56-70)64-31-14-7-15-32-64;/h4-57,60H,1-3H3;/q-3;. The van der Waals surface area contributed by atoms with Crippen molar-refractivity contribution in [1.29, 1.82) is 0 Å². The minimum absolute atomic E-state index is 0. The average molecular weight is 1470 g/mol. The number of nitrogens with zero attached hydrogens (tertiary/aromatic N) is 5. The molecular formula is C94H64N5OPt-3. The van der Waals surface area contributed by atoms with Crippen LogP contribution in [0.2, 0.25) is 0 Å². The molecule has 6 nitrogen and oxygen atoms in total. The van der Waals surface area contributed by atoms with Crippen LogP contribution in [0.4, 0.5) is 22.7 Å². The monoisotopic (exact) mass is 1470 g/mol. The van der Waals surface area contributed by atoms with E-state index in [-0.39, 0.29) is 26.5 Å². The smallest absolute Gasteiger partial charge is 0.135 e. The summed E-state index contributed by atoms with van der Waals surface area (Å²) in [5.41, 5.74) is 28.6. The number of hydrogen-bond donors (Lipinski definition) is 0. The molecule has 14 aromatic carbocycles. The Balaban J connectivity index is 0.00000733. The fraction of sp³-hybridized carbons (Fsp3) is 0.0426. The number of ether oxygens (including phenoxy) is 1. The number of aromatic nitrogens is 3. The quantitative estimate of drug-likeness (QED) is 0.121. The van der Waals surface area contributed by atoms with Crippen molar-refractivity contribution < 1.29 is 25.8 Å². The maximum absolute atomic E-state index is 7.10. The first-order valence-corrected chi connectivity index (χ1v) is 34.2. The molecule has 0 bridgehead atoms. The van der Waals surface area contributed by atoms with Crippen LogP contribution >= 0.6 is 0 Å². The predicted octanol–water partition coefficient (Wildman–Crippen LogP) is 25.0. The van der Waals surface area contributed by atoms with Crippen LogP contribution in [0.1, 0.15) is 26.3 Å². The fourth-order valence-corrected chi connectivity index (χ4v) is 15.4. The van der Waals surface area contributed by atoms with Gasteiger partial charge in [0, 0.05) is 94.4 Å². The number of fused-ring (bicyclic) bond motifs is 13. The molecule has 2 aliphatic rings. The van der Waals surface area contributed by atoms with Gasteiger partial charge in [-0.25, -0.2) is 4.98 Å². The summed E-state index contributed by atoms with van der Waals surface area (Å²) >= 11 is 0. The SMILES string of the molecule is CC(C)(C)c1ccnc(-n2c3[c-]c(Oc4[c-]c(N5[CH-]N(c6c(-c7cc(-c8ccccc8)cc(-c8ccccc8)c7)cccc6-c6cc(-c7ccccc7)cc(-c7ccccc7)c6)c6ccccc65)ccc4)ccc3c3c4c(ccc32)-n2c3ccccc3c3cccc(c32)-c2ccccc2-4)c1.[Pt]. The number of para-hydroxylation sites is 5. The predicted molar refractivity (Wildman–Crippen MR) is 414 cm³/mol. The molecule has 484 valence electrons. The number of pyridine rings is 1. The van der Waals surface area contributed by atoms with Crippen LogP contribution < -0.4 is 14.5 Å². The third-order valence-electron chi connectivity index (χ3n) is 20.1. The van der Waals surface area contributed by atoms with Crippen LogP contribution in [0.3, 0.4) is 0 Å². The second kappa shape index (κ2) is 24.7. The normalized spacial score (nSPS) is 12.3. The van der Waals surface area contributed by atoms with Crippen LogP contribution in [0.15, 0.2) is 328 Å². The van der Waals surface area contributed by atoms with E-state index in [4.69, 9.17) is 9.72 Å². The summed E-state index contributed by atoms with van der Waals surface area (Å²) in [6.07, 6.45) is 1.94. The first-order valence-electron chi connectivity index (χ1n) is 34.2. The zero-order valence-corrected chi connectivity index (χ0v) is 58.0. The van der Waals surface area contributed by atoms with Crippen molar-refractivity contribution in [3.05, 3.63) is 352 Å². The third kappa shape index (κ3) is 10.5. The average Bonchev–Trinajstić information content (AvgIpc) is 1.54. The van der Waals surface area contributed by atoms with E-state index in [9.17, 15) is 0 Å². The summed E-state index contributed by atoms with van der Waals surface area (Å²) in [7, 11) is 0. The Hall–Kier alpha value is -12.1. The topological polar surface area (TPSA) is 38.5 Å². The molecule has 0 N–H and O–H groups in total. The van der Waals surface area contributed by atoms with E-state index in [0.717, 1.165) is 128 Å². The first kappa shape index (κ1) is 61.3. The summed E-state index contributed by atoms with van der Waals surface area (Å²) in [5, 5.41) is 4.63. The summed E-state index contributed by atoms with van der Waals surface area (Å²) in [6.45, 7) is 9.00. The van der Waals surface area contributed by atoms with E-state index >= 15 is 0 Å². The fourth-order valence-electron chi connectivity index (χ4n) is 15.4. The van der Waals surface area contributed by atoms with E-state index in [0.29, 0.717) is 11.5 Å². The van der Waals surface area contributed by atoms with Crippen molar-refractivity contribution in [3.63, 3.8) is 0 Å². The van der Waals surface area contributed by atoms with Crippen LogP contribution in [-0.2, 0) is 26.5 Å². The van der Waals surface area contributed by atoms with Gasteiger partial charge in [-0.3, -0.25) is 0 Å². The zero-order valence-electron chi connectivity index (χ0n) is 55.7. The molecule has 3 aromatic heterocycles. The van der Waals surface area contributed by atoms with Crippen molar-refractivity contribution >= 4 is 66.4 Å². The molecule has 2 aliphatic heterocycles. The molecule has 101 heavy (non-hydrogen) atoms. The molecular weight excluding hydrogens is 1410 g/mol. The van der Waals surface area contributed by atoms with E-state index < -0.39 is 0 Å². The van der Waals surface area contributed by atoms with Gasteiger partial charge in [-0.15, -0.1) is 48.1 Å². The Morgan fingerprint density at radius 1 is 0.356 bits per heavy atom. The molecule has 0 saturated heterocycles. The molecule has 0 fully saturated rings. The second-order valence-electron chi connectivity index (χ2n) is 27.1. The number of rotatable bonds is 11. The minimum atomic E-state index is -0.129. The van der Waals surface area contributed by atoms with Crippen molar-refractivity contribution in [1.82, 2.24) is 14.1 Å². The molecule has 0 unspecified atom stereocenters. The molecule has 0 amide bonds. The molecule has 0 aliphatic carbocycles. The van der Waals surface area contributed by atoms with Crippen molar-refractivity contribution in [2.24, 2.45) is 0 Å². The molecule has 17 aromatic rings. The largest absolute Gasteiger partial charge is 0.509 e. The molecule has 0 atom stereocenters. The maximum Gasteiger partial charge on any atom is 0.135 e. The van der Waals surface area contributed by atoms with E-state index in [1.165, 1.54) is 44.1 Å². The maximum atomic E-state index is 7.10. The Morgan fingerprint density at radius 3 is 1.49 bits per heavy atom. The first-order chi connectivity index (χ1) is 49.2. The van der Waals surface area contributed by atoms with Gasteiger partial charge in [0.25, 0.3) is 0 Å². The second-order valence-corrected chi connectivity index (χ2v) is 27.1. The summed E-state index contributed by atoms with van der Waals surface area (Å²) in [4.78, 5) is 9.80. The van der Waals surface area contributed by atoms with Gasteiger partial charge in [-0.05, 0) is 162 Å². The number of anilines is 4. The van der Waals surface area contributed by atoms with Gasteiger partial charge in [0.1, 0.15) is 5.82 Å². The molecule has 7 heteroatoms. The molecule has 0 spiro atoms. The number of hydrogen-bond acceptors (Lipinski definition) is 4. The van der Waals surface area contributed by atoms with Crippen LogP contribution in [0.25, 0.3) is 144 Å². The van der Waals surface area contributed by atoms with Crippen LogP contribution in [0.5, 0.6) is 11.5 Å². The third-order valence-corrected chi connectivity index (χ3v) is 20.1. The van der Waals surface area contributed by atoms with E-state index in [2.05, 4.69) is 374 Å². The van der Waals surface area contributed by atoms with Crippen LogP contribution in [-0.4, -0.2) is 14.1 Å². The number of benzene rings is 14. The van der Waals surface area contributed by atoms with Crippen molar-refractivity contribution in [3.8, 4) is 112 Å². The van der Waals surface area contributed by atoms with Gasteiger partial charge >= 0.3 is 0 Å².